The van der Waals surface area contributed by atoms with Crippen LogP contribution in [0.15, 0.2) is 0 Å². The van der Waals surface area contributed by atoms with Crippen molar-refractivity contribution in [1.82, 2.24) is 0 Å². The SMILES string of the molecule is CC(C)S(=O)(=O)C1C(F)C(F)C(F)C(F)C1F. The molecule has 0 aromatic carbocycles. The van der Waals surface area contributed by atoms with E-state index in [1.54, 1.807) is 0 Å². The molecule has 0 aromatic rings. The molecule has 4 unspecified atom stereocenters. The maximum absolute atomic E-state index is 13.4. The molecule has 0 radical (unpaired) electrons. The lowest BCUT2D eigenvalue weighted by atomic mass is 9.91. The Labute approximate surface area is 96.1 Å². The van der Waals surface area contributed by atoms with Crippen LogP contribution in [-0.2, 0) is 9.84 Å². The van der Waals surface area contributed by atoms with Gasteiger partial charge in [-0.25, -0.2) is 30.4 Å². The van der Waals surface area contributed by atoms with E-state index < -0.39 is 51.2 Å². The highest BCUT2D eigenvalue weighted by Gasteiger charge is 2.58. The first-order valence-corrected chi connectivity index (χ1v) is 6.66. The van der Waals surface area contributed by atoms with Crippen molar-refractivity contribution in [3.63, 3.8) is 0 Å². The van der Waals surface area contributed by atoms with Gasteiger partial charge in [0.2, 0.25) is 0 Å². The lowest BCUT2D eigenvalue weighted by Crippen LogP contribution is -2.60. The van der Waals surface area contributed by atoms with E-state index in [4.69, 9.17) is 0 Å². The van der Waals surface area contributed by atoms with Gasteiger partial charge in [0, 0.05) is 0 Å². The molecule has 2 nitrogen and oxygen atoms in total. The minimum atomic E-state index is -4.38. The van der Waals surface area contributed by atoms with Crippen LogP contribution in [0.4, 0.5) is 22.0 Å². The van der Waals surface area contributed by atoms with Gasteiger partial charge in [0.25, 0.3) is 0 Å². The van der Waals surface area contributed by atoms with Gasteiger partial charge in [-0.1, -0.05) is 0 Å². The van der Waals surface area contributed by atoms with E-state index in [2.05, 4.69) is 0 Å². The molecule has 0 saturated heterocycles. The molecule has 0 bridgehead atoms. The number of sulfone groups is 1. The van der Waals surface area contributed by atoms with Gasteiger partial charge in [-0.15, -0.1) is 0 Å². The lowest BCUT2D eigenvalue weighted by molar-refractivity contribution is -0.0477. The van der Waals surface area contributed by atoms with Crippen LogP contribution in [0.3, 0.4) is 0 Å². The Morgan fingerprint density at radius 1 is 0.765 bits per heavy atom. The predicted molar refractivity (Wildman–Crippen MR) is 52.3 cm³/mol. The number of alkyl halides is 5. The molecule has 4 atom stereocenters. The average molecular weight is 280 g/mol. The van der Waals surface area contributed by atoms with Gasteiger partial charge in [0.1, 0.15) is 5.25 Å². The Hall–Kier alpha value is -0.400. The van der Waals surface area contributed by atoms with E-state index >= 15 is 0 Å². The minimum absolute atomic E-state index is 1.14. The average Bonchev–Trinajstić information content (AvgIpc) is 2.23. The number of hydrogen-bond acceptors (Lipinski definition) is 2. The molecule has 0 aliphatic heterocycles. The summed E-state index contributed by atoms with van der Waals surface area (Å²) in [5.41, 5.74) is 0. The summed E-state index contributed by atoms with van der Waals surface area (Å²) in [5.74, 6) is 0. The monoisotopic (exact) mass is 280 g/mol. The predicted octanol–water partition coefficient (Wildman–Crippen LogP) is 1.88. The van der Waals surface area contributed by atoms with E-state index in [9.17, 15) is 30.4 Å². The first-order valence-electron chi connectivity index (χ1n) is 5.05. The van der Waals surface area contributed by atoms with Crippen LogP contribution in [0.25, 0.3) is 0 Å². The van der Waals surface area contributed by atoms with E-state index in [0.29, 0.717) is 0 Å². The molecule has 17 heavy (non-hydrogen) atoms. The molecule has 102 valence electrons. The number of rotatable bonds is 2. The molecule has 8 heteroatoms. The standard InChI is InChI=1S/C9H13F5O2S/c1-3(2)17(15,16)9-7(13)5(11)4(10)6(12)8(9)14/h3-9H,1-2H3. The van der Waals surface area contributed by atoms with Gasteiger partial charge in [-0.05, 0) is 13.8 Å². The molecule has 0 aromatic heterocycles. The maximum atomic E-state index is 13.4. The lowest BCUT2D eigenvalue weighted by Gasteiger charge is -2.36. The molecule has 1 fully saturated rings. The number of hydrogen-bond donors (Lipinski definition) is 0. The summed E-state index contributed by atoms with van der Waals surface area (Å²) >= 11 is 0. The Morgan fingerprint density at radius 3 is 1.35 bits per heavy atom. The van der Waals surface area contributed by atoms with Crippen molar-refractivity contribution in [2.75, 3.05) is 0 Å². The van der Waals surface area contributed by atoms with Gasteiger partial charge in [0.05, 0.1) is 5.25 Å². The maximum Gasteiger partial charge on any atom is 0.168 e. The fraction of sp³-hybridized carbons (Fsp3) is 1.00. The quantitative estimate of drug-likeness (QED) is 0.724. The third kappa shape index (κ3) is 2.28. The molecule has 1 rings (SSSR count). The number of halogens is 5. The summed E-state index contributed by atoms with van der Waals surface area (Å²) in [6.07, 6.45) is -14.7. The van der Waals surface area contributed by atoms with Gasteiger partial charge in [-0.2, -0.15) is 0 Å². The smallest absolute Gasteiger partial charge is 0.168 e. The van der Waals surface area contributed by atoms with Crippen molar-refractivity contribution in [3.8, 4) is 0 Å². The molecule has 0 heterocycles. The molecule has 1 saturated carbocycles. The Balaban J connectivity index is 3.15. The van der Waals surface area contributed by atoms with Crippen LogP contribution >= 0.6 is 0 Å². The Bertz CT molecular complexity index is 356. The highest BCUT2D eigenvalue weighted by molar-refractivity contribution is 7.92. The van der Waals surface area contributed by atoms with Crippen molar-refractivity contribution in [2.45, 2.75) is 55.2 Å². The second-order valence-electron chi connectivity index (χ2n) is 4.32. The first kappa shape index (κ1) is 14.7. The van der Waals surface area contributed by atoms with Gasteiger partial charge in [0.15, 0.2) is 40.7 Å². The molecule has 0 amide bonds. The highest BCUT2D eigenvalue weighted by atomic mass is 32.2. The van der Waals surface area contributed by atoms with E-state index in [0.717, 1.165) is 13.8 Å². The van der Waals surface area contributed by atoms with Crippen molar-refractivity contribution in [1.29, 1.82) is 0 Å². The molecular weight excluding hydrogens is 267 g/mol. The molecule has 1 aliphatic carbocycles. The summed E-state index contributed by atoms with van der Waals surface area (Å²) in [6.45, 7) is 2.27. The van der Waals surface area contributed by atoms with Crippen LogP contribution < -0.4 is 0 Å². The van der Waals surface area contributed by atoms with Crippen LogP contribution in [0.2, 0.25) is 0 Å². The van der Waals surface area contributed by atoms with Crippen LogP contribution in [0.1, 0.15) is 13.8 Å². The van der Waals surface area contributed by atoms with Crippen molar-refractivity contribution >= 4 is 9.84 Å². The fourth-order valence-corrected chi connectivity index (χ4v) is 3.40. The van der Waals surface area contributed by atoms with Gasteiger partial charge < -0.3 is 0 Å². The molecule has 0 N–H and O–H groups in total. The molecule has 1 aliphatic rings. The van der Waals surface area contributed by atoms with E-state index in [1.165, 1.54) is 0 Å². The van der Waals surface area contributed by atoms with E-state index in [-0.39, 0.29) is 0 Å². The van der Waals surface area contributed by atoms with Gasteiger partial charge >= 0.3 is 0 Å². The molecular formula is C9H13F5O2S. The fourth-order valence-electron chi connectivity index (χ4n) is 1.74. The second kappa shape index (κ2) is 4.70. The summed E-state index contributed by atoms with van der Waals surface area (Å²) in [7, 11) is -4.38. The third-order valence-electron chi connectivity index (χ3n) is 2.88. The van der Waals surface area contributed by atoms with Crippen LogP contribution in [-0.4, -0.2) is 49.8 Å². The normalized spacial score (nSPS) is 44.0. The zero-order valence-corrected chi connectivity index (χ0v) is 9.97. The minimum Gasteiger partial charge on any atom is -0.243 e. The summed E-state index contributed by atoms with van der Waals surface area (Å²) in [4.78, 5) is 0. The third-order valence-corrected chi connectivity index (χ3v) is 5.47. The van der Waals surface area contributed by atoms with Crippen molar-refractivity contribution in [2.24, 2.45) is 0 Å². The summed E-state index contributed by atoms with van der Waals surface area (Å²) in [5, 5.41) is -3.68. The first-order chi connectivity index (χ1) is 7.62. The van der Waals surface area contributed by atoms with E-state index in [1.807, 2.05) is 0 Å². The zero-order valence-electron chi connectivity index (χ0n) is 9.16. The largest absolute Gasteiger partial charge is 0.243 e. The summed E-state index contributed by atoms with van der Waals surface area (Å²) < 4.78 is 88.7. The topological polar surface area (TPSA) is 34.1 Å². The molecule has 0 spiro atoms. The van der Waals surface area contributed by atoms with Gasteiger partial charge in [-0.3, -0.25) is 0 Å². The van der Waals surface area contributed by atoms with Crippen molar-refractivity contribution in [3.05, 3.63) is 0 Å². The highest BCUT2D eigenvalue weighted by Crippen LogP contribution is 2.36. The zero-order chi connectivity index (χ0) is 13.5. The van der Waals surface area contributed by atoms with Crippen LogP contribution in [0.5, 0.6) is 0 Å². The second-order valence-corrected chi connectivity index (χ2v) is 6.99. The van der Waals surface area contributed by atoms with Crippen molar-refractivity contribution < 1.29 is 30.4 Å². The summed E-state index contributed by atoms with van der Waals surface area (Å²) in [6, 6.07) is 0. The van der Waals surface area contributed by atoms with Crippen LogP contribution in [0, 0.1) is 0 Å². The Morgan fingerprint density at radius 2 is 1.06 bits per heavy atom. The Kier molecular flexibility index (Phi) is 4.05.